The number of hydrogen-bond acceptors (Lipinski definition) is 4. The molecule has 0 unspecified atom stereocenters. The summed E-state index contributed by atoms with van der Waals surface area (Å²) in [5.74, 6) is 0. The van der Waals surface area contributed by atoms with Crippen molar-refractivity contribution in [1.29, 1.82) is 0 Å². The van der Waals surface area contributed by atoms with E-state index in [9.17, 15) is 0 Å². The number of rotatable bonds is 3. The lowest BCUT2D eigenvalue weighted by Crippen LogP contribution is -2.18. The fraction of sp³-hybridized carbons (Fsp3) is 0.389. The zero-order valence-electron chi connectivity index (χ0n) is 13.3. The SMILES string of the molecule is CC(C)(C)C[C@H]1CC(c2ccc(-c3cccnc3)nc2)=NO1. The molecule has 114 valence electrons. The molecule has 1 aliphatic heterocycles. The maximum atomic E-state index is 5.56. The van der Waals surface area contributed by atoms with Crippen molar-refractivity contribution in [3.8, 4) is 11.3 Å². The van der Waals surface area contributed by atoms with Gasteiger partial charge in [0.25, 0.3) is 0 Å². The summed E-state index contributed by atoms with van der Waals surface area (Å²) >= 11 is 0. The van der Waals surface area contributed by atoms with Crippen LogP contribution in [0.3, 0.4) is 0 Å². The first-order chi connectivity index (χ1) is 10.5. The van der Waals surface area contributed by atoms with Crippen LogP contribution < -0.4 is 0 Å². The standard InChI is InChI=1S/C18H21N3O/c1-18(2,3)10-15-9-17(21-22-15)14-6-7-16(20-12-14)13-5-4-8-19-11-13/h4-8,11-12,15H,9-10H2,1-3H3/t15-/m1/s1. The van der Waals surface area contributed by atoms with Crippen LogP contribution in [0.4, 0.5) is 0 Å². The molecule has 0 saturated heterocycles. The van der Waals surface area contributed by atoms with E-state index in [4.69, 9.17) is 4.84 Å². The average Bonchev–Trinajstić information content (AvgIpc) is 2.95. The summed E-state index contributed by atoms with van der Waals surface area (Å²) in [4.78, 5) is 14.2. The Balaban J connectivity index is 1.70. The van der Waals surface area contributed by atoms with Crippen molar-refractivity contribution in [1.82, 2.24) is 9.97 Å². The van der Waals surface area contributed by atoms with E-state index >= 15 is 0 Å². The Kier molecular flexibility index (Phi) is 3.92. The Hall–Kier alpha value is -2.23. The number of oxime groups is 1. The van der Waals surface area contributed by atoms with Crippen molar-refractivity contribution >= 4 is 5.71 Å². The van der Waals surface area contributed by atoms with Crippen molar-refractivity contribution in [3.63, 3.8) is 0 Å². The van der Waals surface area contributed by atoms with Crippen LogP contribution >= 0.6 is 0 Å². The van der Waals surface area contributed by atoms with Gasteiger partial charge in [-0.2, -0.15) is 0 Å². The summed E-state index contributed by atoms with van der Waals surface area (Å²) in [6.45, 7) is 6.66. The monoisotopic (exact) mass is 295 g/mol. The molecule has 0 spiro atoms. The number of pyridine rings is 2. The molecule has 0 fully saturated rings. The molecule has 0 radical (unpaired) electrons. The lowest BCUT2D eigenvalue weighted by atomic mass is 9.87. The first-order valence-electron chi connectivity index (χ1n) is 7.61. The Labute approximate surface area is 131 Å². The minimum Gasteiger partial charge on any atom is -0.392 e. The summed E-state index contributed by atoms with van der Waals surface area (Å²) in [6, 6.07) is 7.98. The van der Waals surface area contributed by atoms with Gasteiger partial charge >= 0.3 is 0 Å². The molecule has 0 saturated carbocycles. The summed E-state index contributed by atoms with van der Waals surface area (Å²) in [6.07, 6.45) is 7.47. The van der Waals surface area contributed by atoms with Gasteiger partial charge in [0.1, 0.15) is 6.10 Å². The fourth-order valence-corrected chi connectivity index (χ4v) is 2.64. The van der Waals surface area contributed by atoms with Gasteiger partial charge in [-0.15, -0.1) is 0 Å². The zero-order chi connectivity index (χ0) is 15.6. The van der Waals surface area contributed by atoms with Crippen molar-refractivity contribution < 1.29 is 4.84 Å². The smallest absolute Gasteiger partial charge is 0.133 e. The van der Waals surface area contributed by atoms with E-state index in [1.54, 1.807) is 6.20 Å². The molecule has 3 heterocycles. The van der Waals surface area contributed by atoms with E-state index in [0.717, 1.165) is 35.4 Å². The van der Waals surface area contributed by atoms with Gasteiger partial charge in [0.15, 0.2) is 0 Å². The van der Waals surface area contributed by atoms with Gasteiger partial charge in [-0.1, -0.05) is 25.9 Å². The first-order valence-corrected chi connectivity index (χ1v) is 7.61. The second-order valence-electron chi connectivity index (χ2n) is 6.91. The Morgan fingerprint density at radius 2 is 2.00 bits per heavy atom. The fourth-order valence-electron chi connectivity index (χ4n) is 2.64. The van der Waals surface area contributed by atoms with Gasteiger partial charge in [0, 0.05) is 36.1 Å². The lowest BCUT2D eigenvalue weighted by molar-refractivity contribution is 0.0540. The van der Waals surface area contributed by atoms with Gasteiger partial charge in [0.05, 0.1) is 11.4 Å². The van der Waals surface area contributed by atoms with Crippen LogP contribution in [-0.2, 0) is 4.84 Å². The molecular formula is C18H21N3O. The van der Waals surface area contributed by atoms with Crippen LogP contribution in [0.15, 0.2) is 48.0 Å². The van der Waals surface area contributed by atoms with Crippen LogP contribution in [-0.4, -0.2) is 21.8 Å². The highest BCUT2D eigenvalue weighted by Gasteiger charge is 2.27. The second kappa shape index (κ2) is 5.87. The molecule has 2 aromatic rings. The highest BCUT2D eigenvalue weighted by Crippen LogP contribution is 2.28. The molecule has 0 aromatic carbocycles. The van der Waals surface area contributed by atoms with Crippen molar-refractivity contribution in [2.24, 2.45) is 10.6 Å². The lowest BCUT2D eigenvalue weighted by Gasteiger charge is -2.21. The zero-order valence-corrected chi connectivity index (χ0v) is 13.3. The van der Waals surface area contributed by atoms with Crippen molar-refractivity contribution in [2.75, 3.05) is 0 Å². The van der Waals surface area contributed by atoms with E-state index in [1.165, 1.54) is 0 Å². The third-order valence-corrected chi connectivity index (χ3v) is 3.63. The molecule has 2 aromatic heterocycles. The van der Waals surface area contributed by atoms with Gasteiger partial charge in [-0.25, -0.2) is 0 Å². The molecule has 0 aliphatic carbocycles. The molecular weight excluding hydrogens is 274 g/mol. The summed E-state index contributed by atoms with van der Waals surface area (Å²) in [5, 5.41) is 4.24. The minimum absolute atomic E-state index is 0.174. The third kappa shape index (κ3) is 3.50. The van der Waals surface area contributed by atoms with Crippen molar-refractivity contribution in [2.45, 2.75) is 39.7 Å². The molecule has 0 bridgehead atoms. The highest BCUT2D eigenvalue weighted by atomic mass is 16.6. The van der Waals surface area contributed by atoms with Crippen LogP contribution in [0.5, 0.6) is 0 Å². The number of nitrogens with zero attached hydrogens (tertiary/aromatic N) is 3. The second-order valence-corrected chi connectivity index (χ2v) is 6.91. The Morgan fingerprint density at radius 3 is 2.64 bits per heavy atom. The minimum atomic E-state index is 0.174. The van der Waals surface area contributed by atoms with Gasteiger partial charge in [-0.05, 0) is 36.1 Å². The molecule has 22 heavy (non-hydrogen) atoms. The Morgan fingerprint density at radius 1 is 1.14 bits per heavy atom. The van der Waals surface area contributed by atoms with E-state index in [2.05, 4.69) is 42.0 Å². The van der Waals surface area contributed by atoms with E-state index in [-0.39, 0.29) is 11.5 Å². The van der Waals surface area contributed by atoms with Crippen LogP contribution in [0, 0.1) is 5.41 Å². The number of hydrogen-bond donors (Lipinski definition) is 0. The van der Waals surface area contributed by atoms with E-state index < -0.39 is 0 Å². The molecule has 1 atom stereocenters. The van der Waals surface area contributed by atoms with Gasteiger partial charge in [-0.3, -0.25) is 9.97 Å². The molecule has 0 N–H and O–H groups in total. The predicted octanol–water partition coefficient (Wildman–Crippen LogP) is 4.07. The molecule has 4 heteroatoms. The largest absolute Gasteiger partial charge is 0.392 e. The summed E-state index contributed by atoms with van der Waals surface area (Å²) < 4.78 is 0. The molecule has 1 aliphatic rings. The summed E-state index contributed by atoms with van der Waals surface area (Å²) in [7, 11) is 0. The van der Waals surface area contributed by atoms with Crippen LogP contribution in [0.1, 0.15) is 39.2 Å². The van der Waals surface area contributed by atoms with Crippen molar-refractivity contribution in [3.05, 3.63) is 48.4 Å². The summed E-state index contributed by atoms with van der Waals surface area (Å²) in [5.41, 5.74) is 4.20. The Bertz CT molecular complexity index is 657. The van der Waals surface area contributed by atoms with Gasteiger partial charge in [0.2, 0.25) is 0 Å². The topological polar surface area (TPSA) is 47.4 Å². The van der Waals surface area contributed by atoms with Crippen LogP contribution in [0.25, 0.3) is 11.3 Å². The predicted molar refractivity (Wildman–Crippen MR) is 87.6 cm³/mol. The molecule has 4 nitrogen and oxygen atoms in total. The van der Waals surface area contributed by atoms with E-state index in [1.807, 2.05) is 30.6 Å². The third-order valence-electron chi connectivity index (χ3n) is 3.63. The average molecular weight is 295 g/mol. The van der Waals surface area contributed by atoms with Gasteiger partial charge < -0.3 is 4.84 Å². The first kappa shape index (κ1) is 14.7. The molecule has 0 amide bonds. The number of aromatic nitrogens is 2. The highest BCUT2D eigenvalue weighted by molar-refractivity contribution is 6.01. The quantitative estimate of drug-likeness (QED) is 0.857. The maximum absolute atomic E-state index is 5.56. The van der Waals surface area contributed by atoms with E-state index in [0.29, 0.717) is 0 Å². The van der Waals surface area contributed by atoms with Crippen LogP contribution in [0.2, 0.25) is 0 Å². The molecule has 3 rings (SSSR count). The normalized spacial score (nSPS) is 18.0. The maximum Gasteiger partial charge on any atom is 0.133 e.